The molecule has 0 aliphatic heterocycles. The van der Waals surface area contributed by atoms with E-state index in [1.54, 1.807) is 20.0 Å². The number of hydrogen-bond donors (Lipinski definition) is 1. The highest BCUT2D eigenvalue weighted by Gasteiger charge is 2.12. The molecule has 0 spiro atoms. The van der Waals surface area contributed by atoms with Crippen LogP contribution < -0.4 is 0 Å². The molecule has 1 aromatic heterocycles. The van der Waals surface area contributed by atoms with Gasteiger partial charge in [-0.1, -0.05) is 0 Å². The van der Waals surface area contributed by atoms with Crippen molar-refractivity contribution in [3.05, 3.63) is 23.7 Å². The Morgan fingerprint density at radius 3 is 2.85 bits per heavy atom. The van der Waals surface area contributed by atoms with Gasteiger partial charge in [0.1, 0.15) is 12.0 Å². The second-order valence-electron chi connectivity index (χ2n) is 2.90. The van der Waals surface area contributed by atoms with Crippen LogP contribution in [0.3, 0.4) is 0 Å². The number of aryl methyl sites for hydroxylation is 1. The highest BCUT2D eigenvalue weighted by molar-refractivity contribution is 5.93. The van der Waals surface area contributed by atoms with Gasteiger partial charge in [0.15, 0.2) is 0 Å². The van der Waals surface area contributed by atoms with Crippen molar-refractivity contribution >= 4 is 5.91 Å². The van der Waals surface area contributed by atoms with E-state index in [0.717, 1.165) is 0 Å². The fourth-order valence-corrected chi connectivity index (χ4v) is 1.03. The van der Waals surface area contributed by atoms with Crippen LogP contribution in [0, 0.1) is 6.92 Å². The molecule has 72 valence electrons. The Morgan fingerprint density at radius 1 is 1.69 bits per heavy atom. The predicted octanol–water partition coefficient (Wildman–Crippen LogP) is 0.652. The topological polar surface area (TPSA) is 53.7 Å². The molecule has 1 amide bonds. The van der Waals surface area contributed by atoms with Crippen LogP contribution in [-0.2, 0) is 0 Å². The molecule has 0 aromatic carbocycles. The summed E-state index contributed by atoms with van der Waals surface area (Å²) in [6.07, 6.45) is 1.42. The standard InChI is InChI=1S/C9H13NO3/c1-7-5-8(6-13-7)9(12)10(2)3-4-11/h5-6,11H,3-4H2,1-2H3. The molecular weight excluding hydrogens is 170 g/mol. The average molecular weight is 183 g/mol. The maximum Gasteiger partial charge on any atom is 0.256 e. The number of rotatable bonds is 3. The second kappa shape index (κ2) is 4.09. The Hall–Kier alpha value is -1.29. The van der Waals surface area contributed by atoms with Crippen molar-refractivity contribution in [2.45, 2.75) is 6.92 Å². The van der Waals surface area contributed by atoms with Crippen molar-refractivity contribution in [2.24, 2.45) is 0 Å². The third-order valence-corrected chi connectivity index (χ3v) is 1.76. The van der Waals surface area contributed by atoms with Gasteiger partial charge in [-0.15, -0.1) is 0 Å². The van der Waals surface area contributed by atoms with Crippen molar-refractivity contribution < 1.29 is 14.3 Å². The molecular formula is C9H13NO3. The van der Waals surface area contributed by atoms with Crippen molar-refractivity contribution in [3.8, 4) is 0 Å². The van der Waals surface area contributed by atoms with Crippen LogP contribution in [0.2, 0.25) is 0 Å². The highest BCUT2D eigenvalue weighted by atomic mass is 16.3. The van der Waals surface area contributed by atoms with Crippen molar-refractivity contribution in [1.82, 2.24) is 4.90 Å². The van der Waals surface area contributed by atoms with Crippen LogP contribution in [0.25, 0.3) is 0 Å². The largest absolute Gasteiger partial charge is 0.469 e. The number of carbonyl (C=O) groups excluding carboxylic acids is 1. The van der Waals surface area contributed by atoms with Crippen LogP contribution in [0.4, 0.5) is 0 Å². The van der Waals surface area contributed by atoms with E-state index in [-0.39, 0.29) is 12.5 Å². The number of furan rings is 1. The molecule has 0 unspecified atom stereocenters. The Labute approximate surface area is 76.8 Å². The molecule has 1 N–H and O–H groups in total. The third kappa shape index (κ3) is 2.32. The van der Waals surface area contributed by atoms with E-state index in [4.69, 9.17) is 9.52 Å². The summed E-state index contributed by atoms with van der Waals surface area (Å²) >= 11 is 0. The molecule has 0 saturated carbocycles. The van der Waals surface area contributed by atoms with Gasteiger partial charge < -0.3 is 14.4 Å². The van der Waals surface area contributed by atoms with Crippen molar-refractivity contribution in [3.63, 3.8) is 0 Å². The lowest BCUT2D eigenvalue weighted by Gasteiger charge is -2.13. The zero-order chi connectivity index (χ0) is 9.84. The van der Waals surface area contributed by atoms with Gasteiger partial charge in [0.2, 0.25) is 0 Å². The first kappa shape index (κ1) is 9.80. The molecule has 13 heavy (non-hydrogen) atoms. The Balaban J connectivity index is 2.67. The molecule has 1 aromatic rings. The number of nitrogens with zero attached hydrogens (tertiary/aromatic N) is 1. The normalized spacial score (nSPS) is 10.1. The maximum atomic E-state index is 11.5. The van der Waals surface area contributed by atoms with E-state index in [2.05, 4.69) is 0 Å². The summed E-state index contributed by atoms with van der Waals surface area (Å²) in [7, 11) is 1.64. The maximum absolute atomic E-state index is 11.5. The van der Waals surface area contributed by atoms with E-state index in [9.17, 15) is 4.79 Å². The Bertz CT molecular complexity index is 293. The average Bonchev–Trinajstić information content (AvgIpc) is 2.51. The minimum absolute atomic E-state index is 0.0287. The van der Waals surface area contributed by atoms with E-state index in [1.165, 1.54) is 11.2 Å². The summed E-state index contributed by atoms with van der Waals surface area (Å²) < 4.78 is 5.00. The number of aliphatic hydroxyl groups is 1. The summed E-state index contributed by atoms with van der Waals surface area (Å²) in [5, 5.41) is 8.62. The highest BCUT2D eigenvalue weighted by Crippen LogP contribution is 2.08. The third-order valence-electron chi connectivity index (χ3n) is 1.76. The molecule has 0 fully saturated rings. The molecule has 0 saturated heterocycles. The molecule has 0 aliphatic rings. The van der Waals surface area contributed by atoms with Gasteiger partial charge in [0, 0.05) is 13.6 Å². The predicted molar refractivity (Wildman–Crippen MR) is 47.5 cm³/mol. The van der Waals surface area contributed by atoms with Gasteiger partial charge in [-0.2, -0.15) is 0 Å². The Kier molecular flexibility index (Phi) is 3.08. The number of likely N-dealkylation sites (N-methyl/N-ethyl adjacent to an activating group) is 1. The van der Waals surface area contributed by atoms with Gasteiger partial charge in [0.05, 0.1) is 12.2 Å². The molecule has 0 atom stereocenters. The first-order chi connectivity index (χ1) is 6.15. The van der Waals surface area contributed by atoms with E-state index < -0.39 is 0 Å². The molecule has 0 aliphatic carbocycles. The fourth-order valence-electron chi connectivity index (χ4n) is 1.03. The Morgan fingerprint density at radius 2 is 2.38 bits per heavy atom. The number of carbonyl (C=O) groups is 1. The lowest BCUT2D eigenvalue weighted by Crippen LogP contribution is -2.29. The molecule has 4 nitrogen and oxygen atoms in total. The van der Waals surface area contributed by atoms with Crippen LogP contribution in [0.5, 0.6) is 0 Å². The fraction of sp³-hybridized carbons (Fsp3) is 0.444. The minimum Gasteiger partial charge on any atom is -0.469 e. The summed E-state index contributed by atoms with van der Waals surface area (Å²) in [4.78, 5) is 13.0. The van der Waals surface area contributed by atoms with Crippen LogP contribution in [0.15, 0.2) is 16.7 Å². The molecule has 0 bridgehead atoms. The van der Waals surface area contributed by atoms with Crippen molar-refractivity contribution in [1.29, 1.82) is 0 Å². The SMILES string of the molecule is Cc1cc(C(=O)N(C)CCO)co1. The summed E-state index contributed by atoms with van der Waals surface area (Å²) in [5.74, 6) is 0.576. The zero-order valence-electron chi connectivity index (χ0n) is 7.78. The van der Waals surface area contributed by atoms with Crippen LogP contribution >= 0.6 is 0 Å². The second-order valence-corrected chi connectivity index (χ2v) is 2.90. The number of amides is 1. The number of hydrogen-bond acceptors (Lipinski definition) is 3. The van der Waals surface area contributed by atoms with Crippen LogP contribution in [-0.4, -0.2) is 36.1 Å². The van der Waals surface area contributed by atoms with Crippen LogP contribution in [0.1, 0.15) is 16.1 Å². The van der Waals surface area contributed by atoms with E-state index >= 15 is 0 Å². The lowest BCUT2D eigenvalue weighted by atomic mass is 10.3. The zero-order valence-corrected chi connectivity index (χ0v) is 7.78. The van der Waals surface area contributed by atoms with Gasteiger partial charge in [-0.05, 0) is 13.0 Å². The molecule has 1 heterocycles. The van der Waals surface area contributed by atoms with Crippen molar-refractivity contribution in [2.75, 3.05) is 20.2 Å². The van der Waals surface area contributed by atoms with Gasteiger partial charge in [-0.25, -0.2) is 0 Å². The molecule has 0 radical (unpaired) electrons. The summed E-state index contributed by atoms with van der Waals surface area (Å²) in [5.41, 5.74) is 0.522. The monoisotopic (exact) mass is 183 g/mol. The first-order valence-corrected chi connectivity index (χ1v) is 4.06. The minimum atomic E-state index is -0.133. The van der Waals surface area contributed by atoms with Gasteiger partial charge in [0.25, 0.3) is 5.91 Å². The van der Waals surface area contributed by atoms with E-state index in [0.29, 0.717) is 17.9 Å². The number of aliphatic hydroxyl groups excluding tert-OH is 1. The van der Waals surface area contributed by atoms with E-state index in [1.807, 2.05) is 0 Å². The first-order valence-electron chi connectivity index (χ1n) is 4.06. The molecule has 1 rings (SSSR count). The van der Waals surface area contributed by atoms with Gasteiger partial charge >= 0.3 is 0 Å². The molecule has 4 heteroatoms. The summed E-state index contributed by atoms with van der Waals surface area (Å²) in [6, 6.07) is 1.68. The smallest absolute Gasteiger partial charge is 0.256 e. The van der Waals surface area contributed by atoms with Gasteiger partial charge in [-0.3, -0.25) is 4.79 Å². The quantitative estimate of drug-likeness (QED) is 0.748. The summed E-state index contributed by atoms with van der Waals surface area (Å²) in [6.45, 7) is 2.09. The lowest BCUT2D eigenvalue weighted by molar-refractivity contribution is 0.0766.